The number of benzene rings is 3. The Bertz CT molecular complexity index is 1240. The summed E-state index contributed by atoms with van der Waals surface area (Å²) in [7, 11) is 1.56. The van der Waals surface area contributed by atoms with Gasteiger partial charge in [-0.3, -0.25) is 14.5 Å². The van der Waals surface area contributed by atoms with Crippen LogP contribution in [0, 0.1) is 0 Å². The molecule has 0 aliphatic carbocycles. The lowest BCUT2D eigenvalue weighted by atomic mass is 10.1. The highest BCUT2D eigenvalue weighted by Gasteiger charge is 2.33. The Morgan fingerprint density at radius 2 is 1.73 bits per heavy atom. The Balaban J connectivity index is 1.71. The van der Waals surface area contributed by atoms with Crippen molar-refractivity contribution in [2.24, 2.45) is 0 Å². The minimum Gasteiger partial charge on any atom is -0.496 e. The maximum atomic E-state index is 13.1. The molecule has 0 bridgehead atoms. The summed E-state index contributed by atoms with van der Waals surface area (Å²) in [5.41, 5.74) is 2.50. The van der Waals surface area contributed by atoms with Crippen LogP contribution in [0.15, 0.2) is 78.9 Å². The summed E-state index contributed by atoms with van der Waals surface area (Å²) in [6.45, 7) is 0.0212. The number of carbonyl (C=O) groups excluding carboxylic acids is 2. The van der Waals surface area contributed by atoms with Crippen LogP contribution >= 0.6 is 0 Å². The van der Waals surface area contributed by atoms with Crippen LogP contribution in [-0.4, -0.2) is 36.5 Å². The van der Waals surface area contributed by atoms with E-state index in [2.05, 4.69) is 0 Å². The van der Waals surface area contributed by atoms with Crippen LogP contribution in [0.25, 0.3) is 6.08 Å². The molecule has 0 saturated heterocycles. The Kier molecular flexibility index (Phi) is 6.22. The molecule has 1 aliphatic heterocycles. The highest BCUT2D eigenvalue weighted by Crippen LogP contribution is 2.36. The number of methoxy groups -OCH3 is 1. The quantitative estimate of drug-likeness (QED) is 0.584. The topological polar surface area (TPSA) is 87.2 Å². The van der Waals surface area contributed by atoms with E-state index in [1.165, 1.54) is 23.1 Å². The van der Waals surface area contributed by atoms with E-state index in [0.717, 1.165) is 11.1 Å². The zero-order chi connectivity index (χ0) is 23.4. The van der Waals surface area contributed by atoms with E-state index in [-0.39, 0.29) is 24.6 Å². The SMILES string of the molecule is COc1ccccc1CN1C(=O)CN(C(=O)/C=C/c2ccccc2)c2cc(C(=O)O)ccc21. The molecule has 3 aromatic rings. The highest BCUT2D eigenvalue weighted by molar-refractivity contribution is 6.15. The number of ether oxygens (including phenoxy) is 1. The van der Waals surface area contributed by atoms with Gasteiger partial charge in [0.2, 0.25) is 5.91 Å². The molecule has 0 atom stereocenters. The van der Waals surface area contributed by atoms with Gasteiger partial charge in [0.05, 0.1) is 30.6 Å². The van der Waals surface area contributed by atoms with E-state index in [1.54, 1.807) is 24.2 Å². The summed E-state index contributed by atoms with van der Waals surface area (Å²) in [5.74, 6) is -1.16. The molecule has 1 aliphatic rings. The number of hydrogen-bond acceptors (Lipinski definition) is 4. The summed E-state index contributed by atoms with van der Waals surface area (Å²) in [6.07, 6.45) is 3.05. The molecule has 2 amide bonds. The number of anilines is 2. The maximum Gasteiger partial charge on any atom is 0.335 e. The standard InChI is InChI=1S/C26H22N2O5/c1-33-23-10-6-5-9-20(23)16-27-21-13-12-19(26(31)32)15-22(21)28(17-25(27)30)24(29)14-11-18-7-3-2-4-8-18/h2-15H,16-17H2,1H3,(H,31,32)/b14-11+. The molecule has 7 nitrogen and oxygen atoms in total. The van der Waals surface area contributed by atoms with Crippen molar-refractivity contribution in [1.29, 1.82) is 0 Å². The van der Waals surface area contributed by atoms with Crippen molar-refractivity contribution in [3.63, 3.8) is 0 Å². The minimum absolute atomic E-state index is 0.0326. The van der Waals surface area contributed by atoms with Crippen LogP contribution in [0.2, 0.25) is 0 Å². The van der Waals surface area contributed by atoms with Crippen LogP contribution in [0.5, 0.6) is 5.75 Å². The summed E-state index contributed by atoms with van der Waals surface area (Å²) >= 11 is 0. The van der Waals surface area contributed by atoms with E-state index in [9.17, 15) is 19.5 Å². The molecule has 166 valence electrons. The van der Waals surface area contributed by atoms with Gasteiger partial charge in [0, 0.05) is 11.6 Å². The number of aromatic carboxylic acids is 1. The number of nitrogens with zero attached hydrogens (tertiary/aromatic N) is 2. The Morgan fingerprint density at radius 1 is 1.00 bits per heavy atom. The summed E-state index contributed by atoms with van der Waals surface area (Å²) in [5, 5.41) is 9.47. The number of amides is 2. The summed E-state index contributed by atoms with van der Waals surface area (Å²) in [6, 6.07) is 21.1. The van der Waals surface area contributed by atoms with Gasteiger partial charge in [0.1, 0.15) is 12.3 Å². The minimum atomic E-state index is -1.11. The Morgan fingerprint density at radius 3 is 2.45 bits per heavy atom. The fraction of sp³-hybridized carbons (Fsp3) is 0.115. The first-order valence-corrected chi connectivity index (χ1v) is 10.3. The lowest BCUT2D eigenvalue weighted by molar-refractivity contribution is -0.120. The molecule has 0 unspecified atom stereocenters. The van der Waals surface area contributed by atoms with Gasteiger partial charge < -0.3 is 14.7 Å². The molecule has 0 fully saturated rings. The molecule has 33 heavy (non-hydrogen) atoms. The number of rotatable bonds is 6. The summed E-state index contributed by atoms with van der Waals surface area (Å²) in [4.78, 5) is 40.6. The Hall–Kier alpha value is -4.39. The lowest BCUT2D eigenvalue weighted by Gasteiger charge is -2.36. The molecule has 1 heterocycles. The van der Waals surface area contributed by atoms with Crippen molar-refractivity contribution in [3.05, 3.63) is 95.6 Å². The molecule has 4 rings (SSSR count). The number of carboxylic acid groups (broad SMARTS) is 1. The van der Waals surface area contributed by atoms with Gasteiger partial charge in [-0.05, 0) is 35.9 Å². The van der Waals surface area contributed by atoms with Crippen LogP contribution in [-0.2, 0) is 16.1 Å². The van der Waals surface area contributed by atoms with E-state index >= 15 is 0 Å². The third-order valence-electron chi connectivity index (χ3n) is 5.40. The molecule has 1 N–H and O–H groups in total. The highest BCUT2D eigenvalue weighted by atomic mass is 16.5. The fourth-order valence-corrected chi connectivity index (χ4v) is 3.74. The second kappa shape index (κ2) is 9.40. The monoisotopic (exact) mass is 442 g/mol. The summed E-state index contributed by atoms with van der Waals surface area (Å²) < 4.78 is 5.40. The lowest BCUT2D eigenvalue weighted by Crippen LogP contribution is -2.47. The zero-order valence-corrected chi connectivity index (χ0v) is 18.0. The van der Waals surface area contributed by atoms with Gasteiger partial charge in [0.25, 0.3) is 5.91 Å². The van der Waals surface area contributed by atoms with Gasteiger partial charge in [-0.15, -0.1) is 0 Å². The van der Waals surface area contributed by atoms with E-state index in [0.29, 0.717) is 17.1 Å². The molecule has 0 radical (unpaired) electrons. The first kappa shape index (κ1) is 21.8. The van der Waals surface area contributed by atoms with Crippen LogP contribution < -0.4 is 14.5 Å². The third kappa shape index (κ3) is 4.62. The van der Waals surface area contributed by atoms with Crippen molar-refractivity contribution < 1.29 is 24.2 Å². The average molecular weight is 442 g/mol. The number of carbonyl (C=O) groups is 3. The molecule has 3 aromatic carbocycles. The van der Waals surface area contributed by atoms with E-state index < -0.39 is 11.9 Å². The smallest absolute Gasteiger partial charge is 0.335 e. The molecule has 0 aromatic heterocycles. The van der Waals surface area contributed by atoms with Gasteiger partial charge in [-0.2, -0.15) is 0 Å². The fourth-order valence-electron chi connectivity index (χ4n) is 3.74. The number of fused-ring (bicyclic) bond motifs is 1. The maximum absolute atomic E-state index is 13.1. The molecule has 0 saturated carbocycles. The predicted octanol–water partition coefficient (Wildman–Crippen LogP) is 3.99. The van der Waals surface area contributed by atoms with Crippen LogP contribution in [0.3, 0.4) is 0 Å². The van der Waals surface area contributed by atoms with Crippen LogP contribution in [0.1, 0.15) is 21.5 Å². The number of hydrogen-bond donors (Lipinski definition) is 1. The molecular weight excluding hydrogens is 420 g/mol. The zero-order valence-electron chi connectivity index (χ0n) is 18.0. The number of para-hydroxylation sites is 1. The third-order valence-corrected chi connectivity index (χ3v) is 5.40. The second-order valence-electron chi connectivity index (χ2n) is 7.47. The van der Waals surface area contributed by atoms with Crippen LogP contribution in [0.4, 0.5) is 11.4 Å². The molecule has 7 heteroatoms. The first-order chi connectivity index (χ1) is 16.0. The average Bonchev–Trinajstić information content (AvgIpc) is 2.84. The Labute approximate surface area is 191 Å². The number of carboxylic acids is 1. The van der Waals surface area contributed by atoms with Gasteiger partial charge in [-0.25, -0.2) is 4.79 Å². The van der Waals surface area contributed by atoms with Crippen molar-refractivity contribution in [2.45, 2.75) is 6.54 Å². The van der Waals surface area contributed by atoms with Crippen molar-refractivity contribution in [3.8, 4) is 5.75 Å². The van der Waals surface area contributed by atoms with Crippen molar-refractivity contribution >= 4 is 35.2 Å². The van der Waals surface area contributed by atoms with E-state index in [4.69, 9.17) is 4.74 Å². The van der Waals surface area contributed by atoms with Crippen molar-refractivity contribution in [1.82, 2.24) is 0 Å². The van der Waals surface area contributed by atoms with Gasteiger partial charge >= 0.3 is 5.97 Å². The van der Waals surface area contributed by atoms with Crippen molar-refractivity contribution in [2.75, 3.05) is 23.5 Å². The van der Waals surface area contributed by atoms with E-state index in [1.807, 2.05) is 54.6 Å². The predicted molar refractivity (Wildman–Crippen MR) is 125 cm³/mol. The second-order valence-corrected chi connectivity index (χ2v) is 7.47. The normalized spacial score (nSPS) is 13.2. The molecule has 0 spiro atoms. The largest absolute Gasteiger partial charge is 0.496 e. The first-order valence-electron chi connectivity index (χ1n) is 10.3. The molecular formula is C26H22N2O5. The van der Waals surface area contributed by atoms with Gasteiger partial charge in [-0.1, -0.05) is 48.5 Å². The van der Waals surface area contributed by atoms with Gasteiger partial charge in [0.15, 0.2) is 0 Å².